The smallest absolute Gasteiger partial charge is 0.315 e. The van der Waals surface area contributed by atoms with Crippen LogP contribution in [0.1, 0.15) is 25.7 Å². The van der Waals surface area contributed by atoms with Crippen LogP contribution in [0.15, 0.2) is 12.7 Å². The van der Waals surface area contributed by atoms with Crippen molar-refractivity contribution < 1.29 is 9.90 Å². The van der Waals surface area contributed by atoms with Crippen molar-refractivity contribution >= 4 is 6.03 Å². The van der Waals surface area contributed by atoms with Crippen LogP contribution in [0.3, 0.4) is 0 Å². The van der Waals surface area contributed by atoms with Crippen LogP contribution < -0.4 is 10.6 Å². The molecule has 4 heteroatoms. The van der Waals surface area contributed by atoms with Crippen molar-refractivity contribution in [3.8, 4) is 0 Å². The molecule has 2 amide bonds. The molecule has 0 aromatic carbocycles. The normalized spacial score (nSPS) is 18.9. The third kappa shape index (κ3) is 3.38. The van der Waals surface area contributed by atoms with Gasteiger partial charge in [-0.25, -0.2) is 4.79 Å². The molecule has 1 fully saturated rings. The molecule has 0 spiro atoms. The maximum Gasteiger partial charge on any atom is 0.315 e. The first-order chi connectivity index (χ1) is 6.66. The van der Waals surface area contributed by atoms with Crippen LogP contribution in [0.4, 0.5) is 4.79 Å². The number of hydrogen-bond acceptors (Lipinski definition) is 2. The summed E-state index contributed by atoms with van der Waals surface area (Å²) in [6, 6.07) is -0.245. The van der Waals surface area contributed by atoms with E-state index in [2.05, 4.69) is 17.2 Å². The van der Waals surface area contributed by atoms with Gasteiger partial charge in [0, 0.05) is 13.1 Å². The van der Waals surface area contributed by atoms with Crippen molar-refractivity contribution in [1.82, 2.24) is 10.6 Å². The lowest BCUT2D eigenvalue weighted by Gasteiger charge is -2.22. The molecule has 3 N–H and O–H groups in total. The van der Waals surface area contributed by atoms with Gasteiger partial charge in [-0.2, -0.15) is 0 Å². The number of hydrogen-bond donors (Lipinski definition) is 3. The Kier molecular flexibility index (Phi) is 3.95. The molecule has 0 bridgehead atoms. The van der Waals surface area contributed by atoms with Gasteiger partial charge in [0.15, 0.2) is 0 Å². The lowest BCUT2D eigenvalue weighted by atomic mass is 10.0. The number of carbonyl (C=O) groups excluding carboxylic acids is 1. The molecule has 4 nitrogen and oxygen atoms in total. The second kappa shape index (κ2) is 5.00. The van der Waals surface area contributed by atoms with Gasteiger partial charge < -0.3 is 15.7 Å². The molecule has 0 unspecified atom stereocenters. The van der Waals surface area contributed by atoms with E-state index in [-0.39, 0.29) is 6.03 Å². The molecule has 0 aliphatic heterocycles. The first-order valence-corrected chi connectivity index (χ1v) is 5.01. The molecular formula is C10H18N2O2. The molecule has 0 radical (unpaired) electrons. The van der Waals surface area contributed by atoms with Gasteiger partial charge in [0.1, 0.15) is 0 Å². The molecule has 1 rings (SSSR count). The monoisotopic (exact) mass is 198 g/mol. The molecule has 14 heavy (non-hydrogen) atoms. The summed E-state index contributed by atoms with van der Waals surface area (Å²) in [5.41, 5.74) is -0.675. The van der Waals surface area contributed by atoms with Crippen LogP contribution in [0.2, 0.25) is 0 Å². The van der Waals surface area contributed by atoms with Gasteiger partial charge in [-0.15, -0.1) is 6.58 Å². The third-order valence-corrected chi connectivity index (χ3v) is 2.52. The number of aliphatic hydroxyl groups is 1. The standard InChI is InChI=1S/C10H18N2O2/c1-2-7-11-9(13)12-8-10(14)5-3-4-6-10/h2,14H,1,3-8H2,(H2,11,12,13). The highest BCUT2D eigenvalue weighted by molar-refractivity contribution is 5.74. The minimum Gasteiger partial charge on any atom is -0.388 e. The Morgan fingerprint density at radius 3 is 2.64 bits per heavy atom. The van der Waals surface area contributed by atoms with Crippen molar-refractivity contribution in [2.75, 3.05) is 13.1 Å². The lowest BCUT2D eigenvalue weighted by molar-refractivity contribution is 0.0501. The van der Waals surface area contributed by atoms with E-state index >= 15 is 0 Å². The van der Waals surface area contributed by atoms with Crippen LogP contribution in [0.25, 0.3) is 0 Å². The quantitative estimate of drug-likeness (QED) is 0.584. The maximum atomic E-state index is 11.1. The summed E-state index contributed by atoms with van der Waals surface area (Å²) < 4.78 is 0. The Balaban J connectivity index is 2.18. The lowest BCUT2D eigenvalue weighted by Crippen LogP contribution is -2.45. The Bertz CT molecular complexity index is 210. The van der Waals surface area contributed by atoms with Gasteiger partial charge in [0.05, 0.1) is 5.60 Å². The minimum atomic E-state index is -0.675. The van der Waals surface area contributed by atoms with E-state index in [1.807, 2.05) is 0 Å². The summed E-state index contributed by atoms with van der Waals surface area (Å²) in [4.78, 5) is 11.1. The van der Waals surface area contributed by atoms with E-state index in [1.165, 1.54) is 0 Å². The molecule has 1 aliphatic rings. The number of nitrogens with one attached hydrogen (secondary N) is 2. The van der Waals surface area contributed by atoms with Crippen molar-refractivity contribution in [1.29, 1.82) is 0 Å². The van der Waals surface area contributed by atoms with Crippen molar-refractivity contribution in [2.45, 2.75) is 31.3 Å². The molecule has 0 aromatic rings. The Morgan fingerprint density at radius 1 is 1.43 bits per heavy atom. The Morgan fingerprint density at radius 2 is 2.07 bits per heavy atom. The van der Waals surface area contributed by atoms with Crippen LogP contribution in [-0.4, -0.2) is 29.8 Å². The van der Waals surface area contributed by atoms with E-state index in [4.69, 9.17) is 0 Å². The van der Waals surface area contributed by atoms with Gasteiger partial charge in [-0.05, 0) is 12.8 Å². The van der Waals surface area contributed by atoms with Crippen LogP contribution in [-0.2, 0) is 0 Å². The summed E-state index contributed by atoms with van der Waals surface area (Å²) in [7, 11) is 0. The summed E-state index contributed by atoms with van der Waals surface area (Å²) >= 11 is 0. The Hall–Kier alpha value is -1.03. The van der Waals surface area contributed by atoms with Crippen molar-refractivity contribution in [3.05, 3.63) is 12.7 Å². The number of rotatable bonds is 4. The average Bonchev–Trinajstić information content (AvgIpc) is 2.60. The zero-order valence-corrected chi connectivity index (χ0v) is 8.38. The van der Waals surface area contributed by atoms with Crippen molar-refractivity contribution in [3.63, 3.8) is 0 Å². The molecule has 1 aliphatic carbocycles. The highest BCUT2D eigenvalue weighted by Gasteiger charge is 2.31. The van der Waals surface area contributed by atoms with Gasteiger partial charge in [0.2, 0.25) is 0 Å². The average molecular weight is 198 g/mol. The molecule has 0 aromatic heterocycles. The zero-order chi connectivity index (χ0) is 10.4. The molecule has 1 saturated carbocycles. The predicted octanol–water partition coefficient (Wildman–Crippen LogP) is 0.777. The number of carbonyl (C=O) groups is 1. The fourth-order valence-corrected chi connectivity index (χ4v) is 1.68. The fraction of sp³-hybridized carbons (Fsp3) is 0.700. The van der Waals surface area contributed by atoms with E-state index < -0.39 is 5.60 Å². The van der Waals surface area contributed by atoms with Gasteiger partial charge >= 0.3 is 6.03 Å². The Labute approximate surface area is 84.4 Å². The molecular weight excluding hydrogens is 180 g/mol. The number of urea groups is 1. The van der Waals surface area contributed by atoms with E-state index in [0.29, 0.717) is 13.1 Å². The highest BCUT2D eigenvalue weighted by Crippen LogP contribution is 2.28. The first kappa shape index (κ1) is 11.0. The second-order valence-electron chi connectivity index (χ2n) is 3.78. The number of amides is 2. The van der Waals surface area contributed by atoms with Crippen LogP contribution in [0, 0.1) is 0 Å². The fourth-order valence-electron chi connectivity index (χ4n) is 1.68. The highest BCUT2D eigenvalue weighted by atomic mass is 16.3. The maximum absolute atomic E-state index is 11.1. The minimum absolute atomic E-state index is 0.245. The molecule has 80 valence electrons. The second-order valence-corrected chi connectivity index (χ2v) is 3.78. The first-order valence-electron chi connectivity index (χ1n) is 5.01. The zero-order valence-electron chi connectivity index (χ0n) is 8.38. The SMILES string of the molecule is C=CCNC(=O)NCC1(O)CCCC1. The summed E-state index contributed by atoms with van der Waals surface area (Å²) in [6.07, 6.45) is 5.28. The largest absolute Gasteiger partial charge is 0.388 e. The van der Waals surface area contributed by atoms with Crippen LogP contribution in [0.5, 0.6) is 0 Å². The summed E-state index contributed by atoms with van der Waals surface area (Å²) in [6.45, 7) is 4.28. The van der Waals surface area contributed by atoms with E-state index in [1.54, 1.807) is 6.08 Å². The third-order valence-electron chi connectivity index (χ3n) is 2.52. The van der Waals surface area contributed by atoms with Crippen molar-refractivity contribution in [2.24, 2.45) is 0 Å². The van der Waals surface area contributed by atoms with Gasteiger partial charge in [-0.1, -0.05) is 18.9 Å². The summed E-state index contributed by atoms with van der Waals surface area (Å²) in [5.74, 6) is 0. The topological polar surface area (TPSA) is 61.4 Å². The molecule has 0 heterocycles. The van der Waals surface area contributed by atoms with E-state index in [0.717, 1.165) is 25.7 Å². The predicted molar refractivity (Wildman–Crippen MR) is 55.0 cm³/mol. The van der Waals surface area contributed by atoms with Gasteiger partial charge in [0.25, 0.3) is 0 Å². The van der Waals surface area contributed by atoms with Gasteiger partial charge in [-0.3, -0.25) is 0 Å². The molecule has 0 saturated heterocycles. The molecule has 0 atom stereocenters. The van der Waals surface area contributed by atoms with E-state index in [9.17, 15) is 9.90 Å². The summed E-state index contributed by atoms with van der Waals surface area (Å²) in [5, 5.41) is 15.1. The van der Waals surface area contributed by atoms with Crippen LogP contribution >= 0.6 is 0 Å².